The van der Waals surface area contributed by atoms with Gasteiger partial charge in [-0.15, -0.1) is 0 Å². The van der Waals surface area contributed by atoms with E-state index < -0.39 is 0 Å². The molecule has 0 spiro atoms. The van der Waals surface area contributed by atoms with Crippen LogP contribution in [-0.2, 0) is 11.3 Å². The van der Waals surface area contributed by atoms with Gasteiger partial charge in [-0.2, -0.15) is 0 Å². The topological polar surface area (TPSA) is 63.7 Å². The number of anilines is 1. The zero-order valence-corrected chi connectivity index (χ0v) is 17.0. The monoisotopic (exact) mass is 403 g/mol. The van der Waals surface area contributed by atoms with Gasteiger partial charge in [-0.05, 0) is 61.3 Å². The molecule has 2 heterocycles. The number of amides is 1. The fourth-order valence-electron chi connectivity index (χ4n) is 3.73. The molecular formula is C24H25N3O3. The highest BCUT2D eigenvalue weighted by atomic mass is 16.5. The summed E-state index contributed by atoms with van der Waals surface area (Å²) in [5.74, 6) is 2.03. The summed E-state index contributed by atoms with van der Waals surface area (Å²) in [5, 5.41) is 3.06. The lowest BCUT2D eigenvalue weighted by atomic mass is 10.1. The van der Waals surface area contributed by atoms with Crippen molar-refractivity contribution in [1.82, 2.24) is 9.88 Å². The van der Waals surface area contributed by atoms with Crippen LogP contribution in [0.15, 0.2) is 73.1 Å². The second-order valence-corrected chi connectivity index (χ2v) is 7.26. The molecule has 4 rings (SSSR count). The summed E-state index contributed by atoms with van der Waals surface area (Å²) < 4.78 is 11.2. The van der Waals surface area contributed by atoms with E-state index in [1.165, 1.54) is 0 Å². The largest absolute Gasteiger partial charge is 0.497 e. The fourth-order valence-corrected chi connectivity index (χ4v) is 3.73. The van der Waals surface area contributed by atoms with Crippen LogP contribution < -0.4 is 14.8 Å². The highest BCUT2D eigenvalue weighted by Crippen LogP contribution is 2.30. The summed E-state index contributed by atoms with van der Waals surface area (Å²) in [7, 11) is 1.66. The first-order chi connectivity index (χ1) is 14.7. The minimum Gasteiger partial charge on any atom is -0.497 e. The summed E-state index contributed by atoms with van der Waals surface area (Å²) >= 11 is 0. The molecule has 1 amide bonds. The molecule has 0 radical (unpaired) electrons. The van der Waals surface area contributed by atoms with E-state index in [4.69, 9.17) is 9.47 Å². The normalized spacial score (nSPS) is 16.2. The molecule has 0 unspecified atom stereocenters. The Bertz CT molecular complexity index is 994. The number of para-hydroxylation sites is 2. The van der Waals surface area contributed by atoms with Crippen LogP contribution in [-0.4, -0.2) is 35.5 Å². The molecule has 1 atom stereocenters. The Morgan fingerprint density at radius 1 is 1.13 bits per heavy atom. The molecule has 0 saturated carbocycles. The number of hydrogen-bond donors (Lipinski definition) is 1. The predicted octanol–water partition coefficient (Wildman–Crippen LogP) is 4.49. The van der Waals surface area contributed by atoms with E-state index in [0.717, 1.165) is 30.7 Å². The van der Waals surface area contributed by atoms with Crippen molar-refractivity contribution in [2.75, 3.05) is 19.0 Å². The van der Waals surface area contributed by atoms with E-state index >= 15 is 0 Å². The number of aromatic nitrogens is 1. The number of nitrogens with one attached hydrogen (secondary N) is 1. The first-order valence-corrected chi connectivity index (χ1v) is 10.1. The van der Waals surface area contributed by atoms with E-state index in [-0.39, 0.29) is 11.9 Å². The Kier molecular flexibility index (Phi) is 6.25. The molecule has 0 bridgehead atoms. The van der Waals surface area contributed by atoms with Crippen LogP contribution in [0.4, 0.5) is 5.69 Å². The highest BCUT2D eigenvalue weighted by Gasteiger charge is 2.31. The SMILES string of the molecule is COc1cccc(CN2CCC[C@H]2C(=O)Nc2ccccc2Oc2cccnc2)c1. The Hall–Kier alpha value is -3.38. The fraction of sp³-hybridized carbons (Fsp3) is 0.250. The van der Waals surface area contributed by atoms with E-state index in [1.807, 2.05) is 54.6 Å². The summed E-state index contributed by atoms with van der Waals surface area (Å²) in [6.07, 6.45) is 5.17. The van der Waals surface area contributed by atoms with Gasteiger partial charge in [0.05, 0.1) is 25.0 Å². The maximum atomic E-state index is 13.1. The maximum Gasteiger partial charge on any atom is 0.241 e. The van der Waals surface area contributed by atoms with Gasteiger partial charge >= 0.3 is 0 Å². The molecule has 2 aromatic carbocycles. The van der Waals surface area contributed by atoms with Gasteiger partial charge in [0.15, 0.2) is 5.75 Å². The lowest BCUT2D eigenvalue weighted by Crippen LogP contribution is -2.39. The number of ether oxygens (including phenoxy) is 2. The molecular weight excluding hydrogens is 378 g/mol. The first kappa shape index (κ1) is 19.9. The molecule has 154 valence electrons. The van der Waals surface area contributed by atoms with Gasteiger partial charge in [-0.3, -0.25) is 14.7 Å². The molecule has 1 saturated heterocycles. The van der Waals surface area contributed by atoms with Crippen LogP contribution in [0.2, 0.25) is 0 Å². The van der Waals surface area contributed by atoms with Crippen molar-refractivity contribution in [3.8, 4) is 17.2 Å². The number of carbonyl (C=O) groups is 1. The van der Waals surface area contributed by atoms with Gasteiger partial charge in [-0.1, -0.05) is 24.3 Å². The van der Waals surface area contributed by atoms with Crippen LogP contribution in [0.25, 0.3) is 0 Å². The van der Waals surface area contributed by atoms with Gasteiger partial charge < -0.3 is 14.8 Å². The van der Waals surface area contributed by atoms with Crippen molar-refractivity contribution in [1.29, 1.82) is 0 Å². The van der Waals surface area contributed by atoms with Gasteiger partial charge in [0, 0.05) is 12.7 Å². The second-order valence-electron chi connectivity index (χ2n) is 7.26. The third-order valence-corrected chi connectivity index (χ3v) is 5.19. The van der Waals surface area contributed by atoms with Crippen molar-refractivity contribution in [2.45, 2.75) is 25.4 Å². The molecule has 1 fully saturated rings. The third-order valence-electron chi connectivity index (χ3n) is 5.19. The summed E-state index contributed by atoms with van der Waals surface area (Å²) in [4.78, 5) is 19.4. The lowest BCUT2D eigenvalue weighted by molar-refractivity contribution is -0.120. The number of methoxy groups -OCH3 is 1. The zero-order chi connectivity index (χ0) is 20.8. The van der Waals surface area contributed by atoms with Crippen molar-refractivity contribution < 1.29 is 14.3 Å². The molecule has 1 aromatic heterocycles. The van der Waals surface area contributed by atoms with Crippen LogP contribution in [0.1, 0.15) is 18.4 Å². The predicted molar refractivity (Wildman–Crippen MR) is 116 cm³/mol. The Morgan fingerprint density at radius 3 is 2.83 bits per heavy atom. The Morgan fingerprint density at radius 2 is 2.00 bits per heavy atom. The summed E-state index contributed by atoms with van der Waals surface area (Å²) in [6.45, 7) is 1.60. The van der Waals surface area contributed by atoms with Crippen LogP contribution in [0.3, 0.4) is 0 Å². The van der Waals surface area contributed by atoms with Crippen molar-refractivity contribution in [3.05, 3.63) is 78.6 Å². The number of carbonyl (C=O) groups excluding carboxylic acids is 1. The Balaban J connectivity index is 1.45. The Labute approximate surface area is 176 Å². The van der Waals surface area contributed by atoms with Gasteiger partial charge in [0.2, 0.25) is 5.91 Å². The van der Waals surface area contributed by atoms with Gasteiger partial charge in [0.25, 0.3) is 0 Å². The summed E-state index contributed by atoms with van der Waals surface area (Å²) in [6, 6.07) is 18.9. The first-order valence-electron chi connectivity index (χ1n) is 10.1. The zero-order valence-electron chi connectivity index (χ0n) is 17.0. The summed E-state index contributed by atoms with van der Waals surface area (Å²) in [5.41, 5.74) is 1.79. The highest BCUT2D eigenvalue weighted by molar-refractivity contribution is 5.96. The smallest absolute Gasteiger partial charge is 0.241 e. The number of nitrogens with zero attached hydrogens (tertiary/aromatic N) is 2. The van der Waals surface area contributed by atoms with Crippen molar-refractivity contribution in [2.24, 2.45) is 0 Å². The molecule has 3 aromatic rings. The standard InChI is InChI=1S/C24H25N3O3/c1-29-19-8-4-7-18(15-19)17-27-14-6-11-22(27)24(28)26-21-10-2-3-12-23(21)30-20-9-5-13-25-16-20/h2-5,7-10,12-13,15-16,22H,6,11,14,17H2,1H3,(H,26,28)/t22-/m0/s1. The van der Waals surface area contributed by atoms with Crippen molar-refractivity contribution >= 4 is 11.6 Å². The number of pyridine rings is 1. The van der Waals surface area contributed by atoms with E-state index in [1.54, 1.807) is 19.5 Å². The molecule has 1 aliphatic rings. The third kappa shape index (κ3) is 4.78. The average molecular weight is 403 g/mol. The quantitative estimate of drug-likeness (QED) is 0.630. The van der Waals surface area contributed by atoms with Gasteiger partial charge in [-0.25, -0.2) is 0 Å². The molecule has 6 nitrogen and oxygen atoms in total. The number of rotatable bonds is 7. The second kappa shape index (κ2) is 9.41. The minimum atomic E-state index is -0.178. The average Bonchev–Trinajstić information content (AvgIpc) is 3.24. The maximum absolute atomic E-state index is 13.1. The van der Waals surface area contributed by atoms with E-state index in [9.17, 15) is 4.79 Å². The molecule has 0 aliphatic carbocycles. The van der Waals surface area contributed by atoms with Crippen LogP contribution in [0.5, 0.6) is 17.2 Å². The minimum absolute atomic E-state index is 0.0161. The van der Waals surface area contributed by atoms with Crippen LogP contribution in [0, 0.1) is 0 Å². The molecule has 6 heteroatoms. The van der Waals surface area contributed by atoms with Gasteiger partial charge in [0.1, 0.15) is 11.5 Å². The number of benzene rings is 2. The number of hydrogen-bond acceptors (Lipinski definition) is 5. The van der Waals surface area contributed by atoms with E-state index in [0.29, 0.717) is 23.7 Å². The lowest BCUT2D eigenvalue weighted by Gasteiger charge is -2.24. The van der Waals surface area contributed by atoms with E-state index in [2.05, 4.69) is 21.3 Å². The molecule has 30 heavy (non-hydrogen) atoms. The molecule has 1 aliphatic heterocycles. The van der Waals surface area contributed by atoms with Crippen LogP contribution >= 0.6 is 0 Å². The van der Waals surface area contributed by atoms with Crippen molar-refractivity contribution in [3.63, 3.8) is 0 Å². The number of likely N-dealkylation sites (tertiary alicyclic amines) is 1. The molecule has 1 N–H and O–H groups in total.